The third-order valence-corrected chi connectivity index (χ3v) is 19.2. The van der Waals surface area contributed by atoms with E-state index in [-0.39, 0.29) is 11.8 Å². The second-order valence-electron chi connectivity index (χ2n) is 22.5. The van der Waals surface area contributed by atoms with Crippen molar-refractivity contribution in [2.75, 3.05) is 0 Å². The van der Waals surface area contributed by atoms with Crippen LogP contribution in [0, 0.1) is 11.8 Å². The highest BCUT2D eigenvalue weighted by Crippen LogP contribution is 2.57. The van der Waals surface area contributed by atoms with Crippen molar-refractivity contribution < 1.29 is 0 Å². The Labute approximate surface area is 438 Å². The van der Waals surface area contributed by atoms with Gasteiger partial charge in [0.1, 0.15) is 0 Å². The Morgan fingerprint density at radius 2 is 0.763 bits per heavy atom. The summed E-state index contributed by atoms with van der Waals surface area (Å²) in [6, 6.07) is 69.7. The molecule has 7 aliphatic rings. The Morgan fingerprint density at radius 1 is 0.289 bits per heavy atom. The van der Waals surface area contributed by atoms with Gasteiger partial charge in [-0.2, -0.15) is 0 Å². The van der Waals surface area contributed by atoms with Crippen LogP contribution in [-0.2, 0) is 6.42 Å². The van der Waals surface area contributed by atoms with Crippen molar-refractivity contribution >= 4 is 93.9 Å². The van der Waals surface area contributed by atoms with E-state index in [1.165, 1.54) is 185 Å². The van der Waals surface area contributed by atoms with Crippen LogP contribution in [0.1, 0.15) is 30.4 Å². The van der Waals surface area contributed by atoms with E-state index in [0.717, 1.165) is 25.7 Å². The summed E-state index contributed by atoms with van der Waals surface area (Å²) in [6.45, 7) is 0. The van der Waals surface area contributed by atoms with Crippen LogP contribution in [0.2, 0.25) is 0 Å². The number of hydrogen-bond donors (Lipinski definition) is 0. The molecule has 0 amide bonds. The summed E-state index contributed by atoms with van der Waals surface area (Å²) in [5, 5.41) is 23.9. The molecule has 0 aromatic heterocycles. The number of rotatable bonds is 4. The fourth-order valence-electron chi connectivity index (χ4n) is 16.6. The van der Waals surface area contributed by atoms with Gasteiger partial charge in [-0.3, -0.25) is 0 Å². The molecule has 0 nitrogen and oxygen atoms in total. The van der Waals surface area contributed by atoms with Crippen molar-refractivity contribution in [2.45, 2.75) is 25.7 Å². The SMILES string of the molecule is C1=CC2=c3ccc4c5c(-c6ccccc6)c6c(c7c8c(cccc86)=CCC7)c(-c6ccccc6)c5c5ccc(c3c54)=C3C=CC4=c5c(-c6ccccc6)c6c(c(-c7ccccc7)c5=C1C4C32)C1=c2c-6cccc2=CCC1. The van der Waals surface area contributed by atoms with Gasteiger partial charge in [0.2, 0.25) is 0 Å². The summed E-state index contributed by atoms with van der Waals surface area (Å²) in [4.78, 5) is 0. The quantitative estimate of drug-likeness (QED) is 0.165. The van der Waals surface area contributed by atoms with Crippen LogP contribution in [0.15, 0.2) is 206 Å². The van der Waals surface area contributed by atoms with E-state index in [1.807, 2.05) is 0 Å². The van der Waals surface area contributed by atoms with E-state index in [2.05, 4.69) is 218 Å². The highest BCUT2D eigenvalue weighted by molar-refractivity contribution is 6.43. The summed E-state index contributed by atoms with van der Waals surface area (Å²) < 4.78 is 0. The standard InChI is InChI=1S/C76H46/c1-5-17-43(18-6-1)61-69-51-29-13-25-41-26-14-30-52(59(41)51)70(69)62(44-19-7-2-8-20-44)74-56-38-34-48-50-36-40-58-68-57(39-35-49(66(50)68)47-33-37-55(73(61)74)67(56)65(47)48)75-63(45-21-9-3-10-22-45)71-53-31-15-27-42-28-16-32-54(60(42)53)72(71)64(76(58)75)46-23-11-4-12-24-46/h1-13,16-29,32-40,65,67H,14-15,30-31H2. The summed E-state index contributed by atoms with van der Waals surface area (Å²) in [7, 11) is 0. The maximum atomic E-state index is 2.57. The molecule has 0 radical (unpaired) electrons. The van der Waals surface area contributed by atoms with E-state index in [0.29, 0.717) is 0 Å². The lowest BCUT2D eigenvalue weighted by Crippen LogP contribution is -2.35. The van der Waals surface area contributed by atoms with E-state index in [9.17, 15) is 0 Å². The number of allylic oxidation sites excluding steroid dienone is 4. The zero-order valence-electron chi connectivity index (χ0n) is 41.8. The van der Waals surface area contributed by atoms with E-state index < -0.39 is 0 Å². The first-order valence-corrected chi connectivity index (χ1v) is 27.6. The fraction of sp³-hybridized carbons (Fsp3) is 0.0789. The maximum Gasteiger partial charge on any atom is 0.0212 e. The van der Waals surface area contributed by atoms with Gasteiger partial charge < -0.3 is 0 Å². The van der Waals surface area contributed by atoms with Crippen molar-refractivity contribution in [3.63, 3.8) is 0 Å². The smallest absolute Gasteiger partial charge is 0.0212 e. The van der Waals surface area contributed by atoms with E-state index in [1.54, 1.807) is 0 Å². The first-order chi connectivity index (χ1) is 37.8. The highest BCUT2D eigenvalue weighted by Gasteiger charge is 2.44. The molecule has 76 heavy (non-hydrogen) atoms. The second kappa shape index (κ2) is 14.4. The minimum atomic E-state index is 0.189. The highest BCUT2D eigenvalue weighted by atomic mass is 14.5. The number of benzene rings is 10. The first-order valence-electron chi connectivity index (χ1n) is 27.6. The molecule has 12 aromatic rings. The molecule has 0 aliphatic heterocycles. The Kier molecular flexibility index (Phi) is 7.63. The molecule has 12 aromatic carbocycles. The van der Waals surface area contributed by atoms with Crippen LogP contribution >= 0.6 is 0 Å². The van der Waals surface area contributed by atoms with E-state index in [4.69, 9.17) is 0 Å². The molecule has 0 bridgehead atoms. The van der Waals surface area contributed by atoms with Gasteiger partial charge in [-0.05, 0) is 211 Å². The Bertz CT molecular complexity index is 5280. The number of fused-ring (bicyclic) bond motifs is 10. The minimum absolute atomic E-state index is 0.189. The lowest BCUT2D eigenvalue weighted by atomic mass is 9.65. The largest absolute Gasteiger partial charge is 0.0763 e. The van der Waals surface area contributed by atoms with Gasteiger partial charge in [0.15, 0.2) is 0 Å². The molecule has 0 heteroatoms. The molecule has 0 saturated heterocycles. The van der Waals surface area contributed by atoms with Gasteiger partial charge in [0, 0.05) is 11.8 Å². The number of hydrogen-bond acceptors (Lipinski definition) is 0. The molecular formula is C76H46. The maximum absolute atomic E-state index is 2.57. The lowest BCUT2D eigenvalue weighted by molar-refractivity contribution is 0.734. The first kappa shape index (κ1) is 40.3. The van der Waals surface area contributed by atoms with Gasteiger partial charge in [0.25, 0.3) is 0 Å². The monoisotopic (exact) mass is 958 g/mol. The Morgan fingerprint density at radius 3 is 1.38 bits per heavy atom. The topological polar surface area (TPSA) is 0 Å². The Hall–Kier alpha value is -9.10. The molecule has 0 N–H and O–H groups in total. The van der Waals surface area contributed by atoms with Gasteiger partial charge in [-0.1, -0.05) is 218 Å². The van der Waals surface area contributed by atoms with Crippen LogP contribution < -0.4 is 36.5 Å². The van der Waals surface area contributed by atoms with Crippen LogP contribution in [-0.4, -0.2) is 0 Å². The zero-order chi connectivity index (χ0) is 49.1. The molecule has 2 atom stereocenters. The lowest BCUT2D eigenvalue weighted by Gasteiger charge is -2.37. The van der Waals surface area contributed by atoms with Gasteiger partial charge in [0.05, 0.1) is 0 Å². The van der Waals surface area contributed by atoms with Crippen molar-refractivity contribution in [1.29, 1.82) is 0 Å². The fourth-order valence-corrected chi connectivity index (χ4v) is 16.6. The number of aryl methyl sites for hydroxylation is 1. The average molecular weight is 959 g/mol. The molecular weight excluding hydrogens is 913 g/mol. The molecule has 0 saturated carbocycles. The summed E-state index contributed by atoms with van der Waals surface area (Å²) >= 11 is 0. The normalized spacial score (nSPS) is 17.8. The van der Waals surface area contributed by atoms with Gasteiger partial charge in [-0.25, -0.2) is 0 Å². The van der Waals surface area contributed by atoms with Gasteiger partial charge in [-0.15, -0.1) is 0 Å². The third kappa shape index (κ3) is 4.80. The van der Waals surface area contributed by atoms with Crippen LogP contribution in [0.25, 0.3) is 150 Å². The molecule has 0 spiro atoms. The molecule has 2 unspecified atom stereocenters. The summed E-state index contributed by atoms with van der Waals surface area (Å²) in [5.41, 5.74) is 23.9. The van der Waals surface area contributed by atoms with Crippen LogP contribution in [0.3, 0.4) is 0 Å². The minimum Gasteiger partial charge on any atom is -0.0763 e. The van der Waals surface area contributed by atoms with Crippen molar-refractivity contribution in [3.05, 3.63) is 254 Å². The molecule has 350 valence electrons. The average Bonchev–Trinajstić information content (AvgIpc) is 4.39. The summed E-state index contributed by atoms with van der Waals surface area (Å²) in [6.07, 6.45) is 19.4. The van der Waals surface area contributed by atoms with Crippen molar-refractivity contribution in [1.82, 2.24) is 0 Å². The second-order valence-corrected chi connectivity index (χ2v) is 22.5. The Balaban J connectivity index is 0.982. The predicted molar refractivity (Wildman–Crippen MR) is 320 cm³/mol. The molecule has 0 fully saturated rings. The predicted octanol–water partition coefficient (Wildman–Crippen LogP) is 13.5. The van der Waals surface area contributed by atoms with Gasteiger partial charge >= 0.3 is 0 Å². The molecule has 19 rings (SSSR count). The van der Waals surface area contributed by atoms with Crippen molar-refractivity contribution in [3.8, 4) is 55.6 Å². The third-order valence-electron chi connectivity index (χ3n) is 19.2. The van der Waals surface area contributed by atoms with Crippen LogP contribution in [0.5, 0.6) is 0 Å². The molecule has 7 aliphatic carbocycles. The van der Waals surface area contributed by atoms with Crippen LogP contribution in [0.4, 0.5) is 0 Å². The molecule has 0 heterocycles. The summed E-state index contributed by atoms with van der Waals surface area (Å²) in [5.74, 6) is 0.379. The zero-order valence-corrected chi connectivity index (χ0v) is 41.8. The van der Waals surface area contributed by atoms with E-state index >= 15 is 0 Å². The van der Waals surface area contributed by atoms with Crippen molar-refractivity contribution in [2.24, 2.45) is 11.8 Å².